The van der Waals surface area contributed by atoms with Gasteiger partial charge in [0.05, 0.1) is 4.83 Å². The molecule has 1 aromatic heterocycles. The van der Waals surface area contributed by atoms with Gasteiger partial charge in [-0.15, -0.1) is 0 Å². The van der Waals surface area contributed by atoms with Gasteiger partial charge < -0.3 is 5.32 Å². The van der Waals surface area contributed by atoms with Crippen molar-refractivity contribution < 1.29 is 9.18 Å². The molecule has 0 aliphatic rings. The van der Waals surface area contributed by atoms with Crippen LogP contribution in [-0.4, -0.2) is 15.7 Å². The first kappa shape index (κ1) is 14.7. The zero-order valence-corrected chi connectivity index (χ0v) is 12.5. The van der Waals surface area contributed by atoms with E-state index >= 15 is 0 Å². The molecule has 1 heterocycles. The SMILES string of the molecule is Cc1ccnc(NC(=O)C(Br)Cc2ccccc2F)c1. The van der Waals surface area contributed by atoms with Crippen LogP contribution in [0, 0.1) is 12.7 Å². The van der Waals surface area contributed by atoms with Crippen molar-refractivity contribution in [2.45, 2.75) is 18.2 Å². The number of anilines is 1. The number of alkyl halides is 1. The molecule has 0 aliphatic heterocycles. The second-order valence-corrected chi connectivity index (χ2v) is 5.58. The van der Waals surface area contributed by atoms with Crippen LogP contribution in [0.25, 0.3) is 0 Å². The molecule has 1 aromatic carbocycles. The third-order valence-corrected chi connectivity index (χ3v) is 3.55. The molecule has 1 unspecified atom stereocenters. The van der Waals surface area contributed by atoms with Gasteiger partial charge in [0.15, 0.2) is 0 Å². The number of carbonyl (C=O) groups excluding carboxylic acids is 1. The Labute approximate surface area is 125 Å². The normalized spacial score (nSPS) is 11.9. The van der Waals surface area contributed by atoms with Crippen LogP contribution in [0.5, 0.6) is 0 Å². The Morgan fingerprint density at radius 2 is 2.15 bits per heavy atom. The number of halogens is 2. The Hall–Kier alpha value is -1.75. The number of rotatable bonds is 4. The molecule has 0 saturated carbocycles. The Kier molecular flexibility index (Phi) is 4.84. The second kappa shape index (κ2) is 6.61. The molecule has 0 fully saturated rings. The van der Waals surface area contributed by atoms with Crippen molar-refractivity contribution >= 4 is 27.7 Å². The molecule has 2 rings (SSSR count). The van der Waals surface area contributed by atoms with Crippen LogP contribution >= 0.6 is 15.9 Å². The summed E-state index contributed by atoms with van der Waals surface area (Å²) in [5, 5.41) is 2.70. The van der Waals surface area contributed by atoms with Gasteiger partial charge in [0.2, 0.25) is 5.91 Å². The highest BCUT2D eigenvalue weighted by atomic mass is 79.9. The topological polar surface area (TPSA) is 42.0 Å². The molecule has 1 atom stereocenters. The number of nitrogens with zero attached hydrogens (tertiary/aromatic N) is 1. The van der Waals surface area contributed by atoms with Gasteiger partial charge in [0.25, 0.3) is 0 Å². The number of benzene rings is 1. The first-order valence-electron chi connectivity index (χ1n) is 6.17. The van der Waals surface area contributed by atoms with E-state index in [0.717, 1.165) is 5.56 Å². The first-order chi connectivity index (χ1) is 9.56. The van der Waals surface area contributed by atoms with Crippen LogP contribution in [0.15, 0.2) is 42.6 Å². The number of pyridine rings is 1. The molecule has 20 heavy (non-hydrogen) atoms. The number of amides is 1. The number of hydrogen-bond acceptors (Lipinski definition) is 2. The summed E-state index contributed by atoms with van der Waals surface area (Å²) >= 11 is 3.28. The molecule has 0 saturated heterocycles. The average molecular weight is 337 g/mol. The molecule has 0 aliphatic carbocycles. The van der Waals surface area contributed by atoms with Crippen molar-refractivity contribution in [3.8, 4) is 0 Å². The van der Waals surface area contributed by atoms with E-state index < -0.39 is 4.83 Å². The van der Waals surface area contributed by atoms with E-state index in [1.807, 2.05) is 13.0 Å². The van der Waals surface area contributed by atoms with E-state index in [9.17, 15) is 9.18 Å². The zero-order chi connectivity index (χ0) is 14.5. The third kappa shape index (κ3) is 3.87. The van der Waals surface area contributed by atoms with Crippen molar-refractivity contribution in [3.63, 3.8) is 0 Å². The lowest BCUT2D eigenvalue weighted by molar-refractivity contribution is -0.115. The van der Waals surface area contributed by atoms with Crippen molar-refractivity contribution in [2.75, 3.05) is 5.32 Å². The van der Waals surface area contributed by atoms with Crippen LogP contribution in [-0.2, 0) is 11.2 Å². The van der Waals surface area contributed by atoms with E-state index in [0.29, 0.717) is 11.4 Å². The van der Waals surface area contributed by atoms with Crippen molar-refractivity contribution in [1.29, 1.82) is 0 Å². The molecule has 3 nitrogen and oxygen atoms in total. The fourth-order valence-electron chi connectivity index (χ4n) is 1.76. The molecule has 104 valence electrons. The highest BCUT2D eigenvalue weighted by molar-refractivity contribution is 9.10. The molecule has 0 bridgehead atoms. The van der Waals surface area contributed by atoms with Gasteiger partial charge in [-0.2, -0.15) is 0 Å². The lowest BCUT2D eigenvalue weighted by Gasteiger charge is -2.11. The maximum atomic E-state index is 13.5. The Balaban J connectivity index is 2.01. The predicted molar refractivity (Wildman–Crippen MR) is 80.4 cm³/mol. The summed E-state index contributed by atoms with van der Waals surface area (Å²) in [5.74, 6) is -0.0576. The molecule has 1 amide bonds. The molecular weight excluding hydrogens is 323 g/mol. The van der Waals surface area contributed by atoms with Gasteiger partial charge in [0.1, 0.15) is 11.6 Å². The number of hydrogen-bond donors (Lipinski definition) is 1. The lowest BCUT2D eigenvalue weighted by atomic mass is 10.1. The summed E-state index contributed by atoms with van der Waals surface area (Å²) in [4.78, 5) is 15.6. The molecular formula is C15H14BrFN2O. The van der Waals surface area contributed by atoms with Crippen LogP contribution in [0.3, 0.4) is 0 Å². The molecule has 5 heteroatoms. The average Bonchev–Trinajstić information content (AvgIpc) is 2.41. The minimum atomic E-state index is -0.512. The highest BCUT2D eigenvalue weighted by Crippen LogP contribution is 2.15. The summed E-state index contributed by atoms with van der Waals surface area (Å²) in [7, 11) is 0. The number of aromatic nitrogens is 1. The van der Waals surface area contributed by atoms with Crippen LogP contribution in [0.2, 0.25) is 0 Å². The summed E-state index contributed by atoms with van der Waals surface area (Å²) in [6, 6.07) is 10.1. The molecule has 1 N–H and O–H groups in total. The maximum absolute atomic E-state index is 13.5. The summed E-state index contributed by atoms with van der Waals surface area (Å²) in [5.41, 5.74) is 1.51. The van der Waals surface area contributed by atoms with Crippen molar-refractivity contribution in [3.05, 3.63) is 59.5 Å². The van der Waals surface area contributed by atoms with Gasteiger partial charge in [-0.1, -0.05) is 34.1 Å². The van der Waals surface area contributed by atoms with Gasteiger partial charge in [-0.05, 0) is 42.7 Å². The minimum Gasteiger partial charge on any atom is -0.310 e. The Bertz CT molecular complexity index is 618. The molecule has 0 radical (unpaired) electrons. The van der Waals surface area contributed by atoms with E-state index in [1.54, 1.807) is 30.5 Å². The molecule has 0 spiro atoms. The summed E-state index contributed by atoms with van der Waals surface area (Å²) < 4.78 is 13.5. The van der Waals surface area contributed by atoms with Gasteiger partial charge in [0, 0.05) is 6.20 Å². The van der Waals surface area contributed by atoms with Gasteiger partial charge in [-0.3, -0.25) is 4.79 Å². The van der Waals surface area contributed by atoms with Crippen LogP contribution in [0.4, 0.5) is 10.2 Å². The Morgan fingerprint density at radius 1 is 1.40 bits per heavy atom. The van der Waals surface area contributed by atoms with E-state index in [1.165, 1.54) is 6.07 Å². The predicted octanol–water partition coefficient (Wildman–Crippen LogP) is 3.47. The Morgan fingerprint density at radius 3 is 2.85 bits per heavy atom. The highest BCUT2D eigenvalue weighted by Gasteiger charge is 2.17. The fraction of sp³-hybridized carbons (Fsp3) is 0.200. The monoisotopic (exact) mass is 336 g/mol. The second-order valence-electron chi connectivity index (χ2n) is 4.47. The number of aryl methyl sites for hydroxylation is 1. The summed E-state index contributed by atoms with van der Waals surface area (Å²) in [6.07, 6.45) is 1.91. The third-order valence-electron chi connectivity index (χ3n) is 2.81. The largest absolute Gasteiger partial charge is 0.310 e. The lowest BCUT2D eigenvalue weighted by Crippen LogP contribution is -2.25. The van der Waals surface area contributed by atoms with Crippen LogP contribution in [0.1, 0.15) is 11.1 Å². The fourth-order valence-corrected chi connectivity index (χ4v) is 2.22. The minimum absolute atomic E-state index is 0.244. The van der Waals surface area contributed by atoms with Gasteiger partial charge in [-0.25, -0.2) is 9.37 Å². The van der Waals surface area contributed by atoms with E-state index in [4.69, 9.17) is 0 Å². The quantitative estimate of drug-likeness (QED) is 0.868. The molecule has 2 aromatic rings. The maximum Gasteiger partial charge on any atom is 0.239 e. The van der Waals surface area contributed by atoms with E-state index in [-0.39, 0.29) is 18.1 Å². The number of nitrogens with one attached hydrogen (secondary N) is 1. The van der Waals surface area contributed by atoms with Gasteiger partial charge >= 0.3 is 0 Å². The first-order valence-corrected chi connectivity index (χ1v) is 7.09. The van der Waals surface area contributed by atoms with Crippen molar-refractivity contribution in [2.24, 2.45) is 0 Å². The van der Waals surface area contributed by atoms with E-state index in [2.05, 4.69) is 26.2 Å². The van der Waals surface area contributed by atoms with Crippen molar-refractivity contribution in [1.82, 2.24) is 4.98 Å². The zero-order valence-electron chi connectivity index (χ0n) is 10.9. The standard InChI is InChI=1S/C15H14BrFN2O/c1-10-6-7-18-14(8-10)19-15(20)12(16)9-11-4-2-3-5-13(11)17/h2-8,12H,9H2,1H3,(H,18,19,20). The van der Waals surface area contributed by atoms with Crippen LogP contribution < -0.4 is 5.32 Å². The number of carbonyl (C=O) groups is 1. The smallest absolute Gasteiger partial charge is 0.239 e. The summed E-state index contributed by atoms with van der Waals surface area (Å²) in [6.45, 7) is 1.92.